The molecule has 2 aromatic carbocycles. The number of carbonyl (C=O) groups excluding carboxylic acids is 2. The van der Waals surface area contributed by atoms with Gasteiger partial charge >= 0.3 is 0 Å². The van der Waals surface area contributed by atoms with Gasteiger partial charge in [-0.1, -0.05) is 6.92 Å². The lowest BCUT2D eigenvalue weighted by Crippen LogP contribution is -2.36. The first kappa shape index (κ1) is 21.6. The molecule has 1 aliphatic heterocycles. The first-order chi connectivity index (χ1) is 14.5. The standard InChI is InChI=1S/C23H27FN2O4/c1-4-11-25-22(27)20-14-26(23(28)15-5-7-16(24)8-6-15)13-19(20)18-12-17(29-2)9-10-21(18)30-3/h5-10,12,19-20H,4,11,13-14H2,1-3H3,(H,25,27). The molecule has 0 bridgehead atoms. The molecule has 30 heavy (non-hydrogen) atoms. The van der Waals surface area contributed by atoms with Crippen molar-refractivity contribution in [2.75, 3.05) is 33.9 Å². The zero-order valence-electron chi connectivity index (χ0n) is 17.5. The van der Waals surface area contributed by atoms with E-state index in [2.05, 4.69) is 5.32 Å². The van der Waals surface area contributed by atoms with E-state index < -0.39 is 11.7 Å². The van der Waals surface area contributed by atoms with Crippen LogP contribution in [-0.2, 0) is 4.79 Å². The number of hydrogen-bond donors (Lipinski definition) is 1. The number of methoxy groups -OCH3 is 2. The Bertz CT molecular complexity index is 901. The van der Waals surface area contributed by atoms with Crippen molar-refractivity contribution < 1.29 is 23.5 Å². The van der Waals surface area contributed by atoms with Crippen molar-refractivity contribution in [2.45, 2.75) is 19.3 Å². The van der Waals surface area contributed by atoms with Gasteiger partial charge in [-0.05, 0) is 48.9 Å². The van der Waals surface area contributed by atoms with E-state index in [4.69, 9.17) is 9.47 Å². The summed E-state index contributed by atoms with van der Waals surface area (Å²) in [5, 5.41) is 2.95. The van der Waals surface area contributed by atoms with Gasteiger partial charge in [0, 0.05) is 36.7 Å². The van der Waals surface area contributed by atoms with Crippen molar-refractivity contribution >= 4 is 11.8 Å². The number of nitrogens with one attached hydrogen (secondary N) is 1. The van der Waals surface area contributed by atoms with Crippen LogP contribution in [0.1, 0.15) is 35.2 Å². The molecule has 160 valence electrons. The number of hydrogen-bond acceptors (Lipinski definition) is 4. The Kier molecular flexibility index (Phi) is 6.92. The third kappa shape index (κ3) is 4.56. The molecule has 3 rings (SSSR count). The fraction of sp³-hybridized carbons (Fsp3) is 0.391. The lowest BCUT2D eigenvalue weighted by atomic mass is 9.87. The number of halogens is 1. The highest BCUT2D eigenvalue weighted by molar-refractivity contribution is 5.95. The van der Waals surface area contributed by atoms with Gasteiger partial charge in [0.2, 0.25) is 5.91 Å². The average Bonchev–Trinajstić information content (AvgIpc) is 3.22. The van der Waals surface area contributed by atoms with E-state index in [0.29, 0.717) is 30.2 Å². The second-order valence-corrected chi connectivity index (χ2v) is 7.33. The van der Waals surface area contributed by atoms with Gasteiger partial charge in [-0.25, -0.2) is 4.39 Å². The minimum atomic E-state index is -0.429. The molecule has 2 aromatic rings. The molecule has 1 N–H and O–H groups in total. The van der Waals surface area contributed by atoms with Gasteiger partial charge in [-0.3, -0.25) is 9.59 Å². The van der Waals surface area contributed by atoms with Crippen LogP contribution >= 0.6 is 0 Å². The van der Waals surface area contributed by atoms with Crippen LogP contribution in [0.5, 0.6) is 11.5 Å². The predicted octanol–water partition coefficient (Wildman–Crippen LogP) is 3.22. The molecule has 0 saturated carbocycles. The maximum Gasteiger partial charge on any atom is 0.253 e. The molecule has 1 heterocycles. The van der Waals surface area contributed by atoms with E-state index in [0.717, 1.165) is 12.0 Å². The van der Waals surface area contributed by atoms with Crippen LogP contribution in [0.15, 0.2) is 42.5 Å². The summed E-state index contributed by atoms with van der Waals surface area (Å²) in [5.74, 6) is -0.108. The van der Waals surface area contributed by atoms with Crippen molar-refractivity contribution in [3.63, 3.8) is 0 Å². The van der Waals surface area contributed by atoms with Crippen molar-refractivity contribution in [1.29, 1.82) is 0 Å². The first-order valence-electron chi connectivity index (χ1n) is 10.0. The highest BCUT2D eigenvalue weighted by atomic mass is 19.1. The molecule has 2 unspecified atom stereocenters. The summed E-state index contributed by atoms with van der Waals surface area (Å²) in [6, 6.07) is 10.9. The summed E-state index contributed by atoms with van der Waals surface area (Å²) in [7, 11) is 3.16. The average molecular weight is 414 g/mol. The summed E-state index contributed by atoms with van der Waals surface area (Å²) in [6.07, 6.45) is 0.823. The van der Waals surface area contributed by atoms with Gasteiger partial charge in [0.25, 0.3) is 5.91 Å². The van der Waals surface area contributed by atoms with E-state index in [1.807, 2.05) is 13.0 Å². The predicted molar refractivity (Wildman–Crippen MR) is 111 cm³/mol. The first-order valence-corrected chi connectivity index (χ1v) is 10.0. The number of benzene rings is 2. The minimum absolute atomic E-state index is 0.0962. The zero-order chi connectivity index (χ0) is 21.7. The molecule has 0 aliphatic carbocycles. The maximum absolute atomic E-state index is 13.2. The Morgan fingerprint density at radius 1 is 1.10 bits per heavy atom. The van der Waals surface area contributed by atoms with Crippen LogP contribution in [0.3, 0.4) is 0 Å². The molecule has 7 heteroatoms. The van der Waals surface area contributed by atoms with E-state index in [-0.39, 0.29) is 24.3 Å². The Balaban J connectivity index is 1.93. The molecule has 2 amide bonds. The molecular formula is C23H27FN2O4. The van der Waals surface area contributed by atoms with Crippen molar-refractivity contribution in [1.82, 2.24) is 10.2 Å². The quantitative estimate of drug-likeness (QED) is 0.755. The Labute approximate surface area is 176 Å². The van der Waals surface area contributed by atoms with Crippen LogP contribution in [-0.4, -0.2) is 50.6 Å². The normalized spacial score (nSPS) is 18.2. The topological polar surface area (TPSA) is 67.9 Å². The monoisotopic (exact) mass is 414 g/mol. The highest BCUT2D eigenvalue weighted by Crippen LogP contribution is 2.40. The second kappa shape index (κ2) is 9.61. The molecule has 1 aliphatic rings. The third-order valence-electron chi connectivity index (χ3n) is 5.42. The van der Waals surface area contributed by atoms with Gasteiger partial charge in [0.1, 0.15) is 17.3 Å². The summed E-state index contributed by atoms with van der Waals surface area (Å²) in [4.78, 5) is 27.6. The maximum atomic E-state index is 13.2. The van der Waals surface area contributed by atoms with Gasteiger partial charge in [-0.15, -0.1) is 0 Å². The van der Waals surface area contributed by atoms with E-state index in [1.54, 1.807) is 31.3 Å². The highest BCUT2D eigenvalue weighted by Gasteiger charge is 2.41. The van der Waals surface area contributed by atoms with Crippen LogP contribution in [0.2, 0.25) is 0 Å². The van der Waals surface area contributed by atoms with Gasteiger partial charge in [0.05, 0.1) is 20.1 Å². The van der Waals surface area contributed by atoms with Crippen LogP contribution in [0, 0.1) is 11.7 Å². The molecule has 0 radical (unpaired) electrons. The smallest absolute Gasteiger partial charge is 0.253 e. The number of rotatable bonds is 7. The molecule has 6 nitrogen and oxygen atoms in total. The molecule has 1 saturated heterocycles. The van der Waals surface area contributed by atoms with Crippen LogP contribution < -0.4 is 14.8 Å². The summed E-state index contributed by atoms with van der Waals surface area (Å²) >= 11 is 0. The van der Waals surface area contributed by atoms with Crippen LogP contribution in [0.25, 0.3) is 0 Å². The van der Waals surface area contributed by atoms with Gasteiger partial charge in [-0.2, -0.15) is 0 Å². The lowest BCUT2D eigenvalue weighted by Gasteiger charge is -2.21. The van der Waals surface area contributed by atoms with Crippen molar-refractivity contribution in [2.24, 2.45) is 5.92 Å². The molecule has 1 fully saturated rings. The van der Waals surface area contributed by atoms with E-state index >= 15 is 0 Å². The summed E-state index contributed by atoms with van der Waals surface area (Å²) in [5.41, 5.74) is 1.21. The van der Waals surface area contributed by atoms with Crippen molar-refractivity contribution in [3.8, 4) is 11.5 Å². The number of likely N-dealkylation sites (tertiary alicyclic amines) is 1. The Morgan fingerprint density at radius 3 is 2.47 bits per heavy atom. The molecule has 0 aromatic heterocycles. The largest absolute Gasteiger partial charge is 0.497 e. The number of nitrogens with zero attached hydrogens (tertiary/aromatic N) is 1. The Hall–Kier alpha value is -3.09. The SMILES string of the molecule is CCCNC(=O)C1CN(C(=O)c2ccc(F)cc2)CC1c1cc(OC)ccc1OC. The van der Waals surface area contributed by atoms with Crippen molar-refractivity contribution in [3.05, 3.63) is 59.4 Å². The lowest BCUT2D eigenvalue weighted by molar-refractivity contribution is -0.124. The summed E-state index contributed by atoms with van der Waals surface area (Å²) < 4.78 is 24.1. The number of carbonyl (C=O) groups is 2. The number of amides is 2. The number of ether oxygens (including phenoxy) is 2. The van der Waals surface area contributed by atoms with Crippen LogP contribution in [0.4, 0.5) is 4.39 Å². The fourth-order valence-corrected chi connectivity index (χ4v) is 3.83. The fourth-order valence-electron chi connectivity index (χ4n) is 3.83. The van der Waals surface area contributed by atoms with E-state index in [1.165, 1.54) is 24.3 Å². The van der Waals surface area contributed by atoms with E-state index in [9.17, 15) is 14.0 Å². The summed E-state index contributed by atoms with van der Waals surface area (Å²) in [6.45, 7) is 3.19. The second-order valence-electron chi connectivity index (χ2n) is 7.33. The minimum Gasteiger partial charge on any atom is -0.497 e. The van der Waals surface area contributed by atoms with Gasteiger partial charge in [0.15, 0.2) is 0 Å². The molecule has 0 spiro atoms. The molecular weight excluding hydrogens is 387 g/mol. The van der Waals surface area contributed by atoms with Gasteiger partial charge < -0.3 is 19.7 Å². The Morgan fingerprint density at radius 2 is 1.83 bits per heavy atom. The third-order valence-corrected chi connectivity index (χ3v) is 5.42. The zero-order valence-corrected chi connectivity index (χ0v) is 17.5. The molecule has 2 atom stereocenters.